The van der Waals surface area contributed by atoms with Gasteiger partial charge in [-0.2, -0.15) is 0 Å². The Kier molecular flexibility index (Phi) is 4.13. The molecule has 8 heavy (non-hydrogen) atoms. The Morgan fingerprint density at radius 1 is 1.62 bits per heavy atom. The van der Waals surface area contributed by atoms with Crippen molar-refractivity contribution < 1.29 is 4.79 Å². The fourth-order valence-electron chi connectivity index (χ4n) is 0.312. The number of halogens is 1. The molecule has 0 heterocycles. The predicted molar refractivity (Wildman–Crippen MR) is 43.1 cm³/mol. The lowest BCUT2D eigenvalue weighted by atomic mass is 10.2. The van der Waals surface area contributed by atoms with Crippen molar-refractivity contribution in [2.45, 2.75) is 19.8 Å². The summed E-state index contributed by atoms with van der Waals surface area (Å²) in [6.07, 6.45) is 1.47. The highest BCUT2D eigenvalue weighted by molar-refractivity contribution is 14.1. The molecule has 0 fully saturated rings. The summed E-state index contributed by atoms with van der Waals surface area (Å²) in [6, 6.07) is 0. The monoisotopic (exact) mass is 224 g/mol. The molecule has 0 saturated heterocycles. The molecule has 0 unspecified atom stereocenters. The highest BCUT2D eigenvalue weighted by Gasteiger charge is 1.92. The Labute approximate surface area is 63.3 Å². The van der Waals surface area contributed by atoms with Crippen molar-refractivity contribution >= 4 is 26.4 Å². The summed E-state index contributed by atoms with van der Waals surface area (Å²) in [5, 5.41) is 0. The van der Waals surface area contributed by atoms with E-state index >= 15 is 0 Å². The molecular formula is C6H9IO. The van der Waals surface area contributed by atoms with Crippen LogP contribution in [0, 0.1) is 0 Å². The zero-order chi connectivity index (χ0) is 6.57. The Bertz CT molecular complexity index is 93.1. The number of allylic oxidation sites excluding steroid dienone is 1. The maximum Gasteiger partial charge on any atom is 0.192 e. The number of rotatable bonds is 3. The van der Waals surface area contributed by atoms with E-state index in [-0.39, 0.29) is 3.79 Å². The summed E-state index contributed by atoms with van der Waals surface area (Å²) in [4.78, 5) is 10.3. The summed E-state index contributed by atoms with van der Waals surface area (Å²) >= 11 is 1.80. The van der Waals surface area contributed by atoms with Crippen LogP contribution in [-0.4, -0.2) is 3.79 Å². The molecule has 0 aromatic heterocycles. The SMILES string of the molecule is C=C(C)CCC(=O)I. The first-order chi connectivity index (χ1) is 3.63. The van der Waals surface area contributed by atoms with E-state index in [0.717, 1.165) is 12.0 Å². The van der Waals surface area contributed by atoms with Crippen LogP contribution in [0.15, 0.2) is 12.2 Å². The van der Waals surface area contributed by atoms with Crippen LogP contribution >= 0.6 is 22.6 Å². The standard InChI is InChI=1S/C6H9IO/c1-5(2)3-4-6(7)8/h1,3-4H2,2H3. The van der Waals surface area contributed by atoms with Crippen molar-refractivity contribution in [2.24, 2.45) is 0 Å². The second-order valence-corrected chi connectivity index (χ2v) is 3.02. The third-order valence-corrected chi connectivity index (χ3v) is 1.29. The largest absolute Gasteiger partial charge is 0.288 e. The Hall–Kier alpha value is 0.140. The van der Waals surface area contributed by atoms with Crippen LogP contribution in [0.4, 0.5) is 0 Å². The summed E-state index contributed by atoms with van der Waals surface area (Å²) in [7, 11) is 0. The van der Waals surface area contributed by atoms with E-state index in [1.807, 2.05) is 6.92 Å². The highest BCUT2D eigenvalue weighted by atomic mass is 127. The molecule has 0 aromatic carbocycles. The summed E-state index contributed by atoms with van der Waals surface area (Å²) in [6.45, 7) is 5.60. The Morgan fingerprint density at radius 2 is 2.12 bits per heavy atom. The van der Waals surface area contributed by atoms with E-state index in [1.54, 1.807) is 22.6 Å². The minimum atomic E-state index is 0.214. The van der Waals surface area contributed by atoms with Gasteiger partial charge in [0.2, 0.25) is 0 Å². The van der Waals surface area contributed by atoms with Gasteiger partial charge in [-0.15, -0.1) is 6.58 Å². The van der Waals surface area contributed by atoms with Crippen LogP contribution in [0.2, 0.25) is 0 Å². The van der Waals surface area contributed by atoms with E-state index in [9.17, 15) is 4.79 Å². The second kappa shape index (κ2) is 4.06. The van der Waals surface area contributed by atoms with E-state index in [0.29, 0.717) is 6.42 Å². The van der Waals surface area contributed by atoms with E-state index < -0.39 is 0 Å². The Morgan fingerprint density at radius 3 is 2.25 bits per heavy atom. The second-order valence-electron chi connectivity index (χ2n) is 1.81. The fraction of sp³-hybridized carbons (Fsp3) is 0.500. The average Bonchev–Trinajstić information content (AvgIpc) is 1.61. The lowest BCUT2D eigenvalue weighted by Crippen LogP contribution is -1.83. The van der Waals surface area contributed by atoms with Gasteiger partial charge in [0.15, 0.2) is 3.79 Å². The van der Waals surface area contributed by atoms with Gasteiger partial charge in [-0.05, 0) is 35.9 Å². The van der Waals surface area contributed by atoms with Crippen LogP contribution in [-0.2, 0) is 4.79 Å². The van der Waals surface area contributed by atoms with Crippen molar-refractivity contribution in [1.29, 1.82) is 0 Å². The molecule has 0 N–H and O–H groups in total. The maximum absolute atomic E-state index is 10.3. The minimum Gasteiger partial charge on any atom is -0.288 e. The van der Waals surface area contributed by atoms with E-state index in [4.69, 9.17) is 0 Å². The molecule has 0 aliphatic rings. The zero-order valence-corrected chi connectivity index (χ0v) is 7.07. The lowest BCUT2D eigenvalue weighted by molar-refractivity contribution is -0.109. The van der Waals surface area contributed by atoms with Crippen molar-refractivity contribution in [2.75, 3.05) is 0 Å². The molecule has 0 aliphatic heterocycles. The van der Waals surface area contributed by atoms with Gasteiger partial charge in [0.1, 0.15) is 0 Å². The highest BCUT2D eigenvalue weighted by Crippen LogP contribution is 2.03. The number of hydrogen-bond acceptors (Lipinski definition) is 1. The molecule has 2 heteroatoms. The molecule has 0 spiro atoms. The Balaban J connectivity index is 3.18. The van der Waals surface area contributed by atoms with Crippen molar-refractivity contribution in [3.8, 4) is 0 Å². The van der Waals surface area contributed by atoms with E-state index in [1.165, 1.54) is 0 Å². The first kappa shape index (κ1) is 8.14. The molecule has 0 atom stereocenters. The van der Waals surface area contributed by atoms with Gasteiger partial charge < -0.3 is 0 Å². The molecular weight excluding hydrogens is 215 g/mol. The number of carbonyl (C=O) groups is 1. The third kappa shape index (κ3) is 6.14. The number of hydrogen-bond donors (Lipinski definition) is 0. The lowest BCUT2D eigenvalue weighted by Gasteiger charge is -1.90. The molecule has 0 saturated carbocycles. The van der Waals surface area contributed by atoms with Gasteiger partial charge in [-0.25, -0.2) is 0 Å². The van der Waals surface area contributed by atoms with Crippen LogP contribution in [0.5, 0.6) is 0 Å². The molecule has 0 rings (SSSR count). The first-order valence-corrected chi connectivity index (χ1v) is 3.53. The van der Waals surface area contributed by atoms with Crippen molar-refractivity contribution in [3.63, 3.8) is 0 Å². The van der Waals surface area contributed by atoms with Crippen LogP contribution in [0.3, 0.4) is 0 Å². The maximum atomic E-state index is 10.3. The zero-order valence-electron chi connectivity index (χ0n) is 4.91. The van der Waals surface area contributed by atoms with Gasteiger partial charge in [-0.1, -0.05) is 5.57 Å². The minimum absolute atomic E-state index is 0.214. The quantitative estimate of drug-likeness (QED) is 0.408. The summed E-state index contributed by atoms with van der Waals surface area (Å²) in [5.74, 6) is 0. The van der Waals surface area contributed by atoms with Gasteiger partial charge in [-0.3, -0.25) is 4.79 Å². The topological polar surface area (TPSA) is 17.1 Å². The van der Waals surface area contributed by atoms with Crippen LogP contribution in [0.1, 0.15) is 19.8 Å². The molecule has 1 nitrogen and oxygen atoms in total. The molecule has 0 bridgehead atoms. The average molecular weight is 224 g/mol. The van der Waals surface area contributed by atoms with Gasteiger partial charge in [0.05, 0.1) is 0 Å². The molecule has 46 valence electrons. The first-order valence-electron chi connectivity index (χ1n) is 2.45. The summed E-state index contributed by atoms with van der Waals surface area (Å²) in [5.41, 5.74) is 1.08. The fourth-order valence-corrected chi connectivity index (χ4v) is 0.581. The van der Waals surface area contributed by atoms with Crippen LogP contribution < -0.4 is 0 Å². The van der Waals surface area contributed by atoms with Crippen LogP contribution in [0.25, 0.3) is 0 Å². The molecule has 0 aliphatic carbocycles. The molecule has 0 radical (unpaired) electrons. The normalized spacial score (nSPS) is 8.75. The summed E-state index contributed by atoms with van der Waals surface area (Å²) < 4.78 is 0.214. The molecule has 0 aromatic rings. The van der Waals surface area contributed by atoms with Crippen molar-refractivity contribution in [1.82, 2.24) is 0 Å². The van der Waals surface area contributed by atoms with Gasteiger partial charge in [0.25, 0.3) is 0 Å². The predicted octanol–water partition coefficient (Wildman–Crippen LogP) is 2.30. The van der Waals surface area contributed by atoms with Gasteiger partial charge >= 0.3 is 0 Å². The number of carbonyl (C=O) groups excluding carboxylic acids is 1. The third-order valence-electron chi connectivity index (χ3n) is 0.748. The van der Waals surface area contributed by atoms with Crippen molar-refractivity contribution in [3.05, 3.63) is 12.2 Å². The molecule has 0 amide bonds. The smallest absolute Gasteiger partial charge is 0.192 e. The van der Waals surface area contributed by atoms with Gasteiger partial charge in [0, 0.05) is 6.42 Å². The van der Waals surface area contributed by atoms with E-state index in [2.05, 4.69) is 6.58 Å².